The third-order valence-corrected chi connectivity index (χ3v) is 4.10. The van der Waals surface area contributed by atoms with Crippen LogP contribution in [0, 0.1) is 0 Å². The molecule has 1 aliphatic heterocycles. The van der Waals surface area contributed by atoms with E-state index in [0.29, 0.717) is 28.1 Å². The number of rotatable bonds is 3. The van der Waals surface area contributed by atoms with Gasteiger partial charge in [0.05, 0.1) is 16.9 Å². The number of likely N-dealkylation sites (N-methyl/N-ethyl adjacent to an activating group) is 1. The van der Waals surface area contributed by atoms with Crippen LogP contribution in [0.15, 0.2) is 57.0 Å². The van der Waals surface area contributed by atoms with Gasteiger partial charge in [-0.1, -0.05) is 0 Å². The summed E-state index contributed by atoms with van der Waals surface area (Å²) >= 11 is 1.31. The second-order valence-electron chi connectivity index (χ2n) is 4.59. The number of aromatic hydroxyl groups is 1. The minimum atomic E-state index is -0.0820. The highest BCUT2D eigenvalue weighted by molar-refractivity contribution is 8.18. The van der Waals surface area contributed by atoms with E-state index < -0.39 is 0 Å². The Morgan fingerprint density at radius 1 is 1.32 bits per heavy atom. The minimum absolute atomic E-state index is 0.0820. The van der Waals surface area contributed by atoms with Gasteiger partial charge in [0.2, 0.25) is 0 Å². The summed E-state index contributed by atoms with van der Waals surface area (Å²) in [7, 11) is 0. The molecule has 0 saturated carbocycles. The summed E-state index contributed by atoms with van der Waals surface area (Å²) in [5.41, 5.74) is 0.686. The zero-order chi connectivity index (χ0) is 15.5. The molecule has 22 heavy (non-hydrogen) atoms. The Balaban J connectivity index is 1.91. The number of amidine groups is 1. The van der Waals surface area contributed by atoms with Crippen LogP contribution in [0.2, 0.25) is 0 Å². The molecule has 1 aromatic heterocycles. The van der Waals surface area contributed by atoms with Crippen LogP contribution in [0.3, 0.4) is 0 Å². The molecule has 0 unspecified atom stereocenters. The predicted octanol–water partition coefficient (Wildman–Crippen LogP) is 3.61. The van der Waals surface area contributed by atoms with Crippen LogP contribution >= 0.6 is 11.8 Å². The molecule has 1 aliphatic rings. The molecular weight excluding hydrogens is 300 g/mol. The third kappa shape index (κ3) is 2.92. The minimum Gasteiger partial charge on any atom is -0.508 e. The van der Waals surface area contributed by atoms with Gasteiger partial charge in [-0.3, -0.25) is 9.69 Å². The highest BCUT2D eigenvalue weighted by atomic mass is 32.2. The molecule has 2 aromatic rings. The molecule has 2 heterocycles. The number of nitrogens with zero attached hydrogens (tertiary/aromatic N) is 2. The molecule has 1 aromatic carbocycles. The quantitative estimate of drug-likeness (QED) is 0.879. The van der Waals surface area contributed by atoms with Gasteiger partial charge < -0.3 is 9.52 Å². The molecule has 5 nitrogen and oxygen atoms in total. The molecule has 1 fully saturated rings. The number of phenolic OH excluding ortho intramolecular Hbond substituents is 1. The van der Waals surface area contributed by atoms with Gasteiger partial charge in [-0.2, -0.15) is 0 Å². The number of benzene rings is 1. The SMILES string of the molecule is CCN1C(=O)/C(=C/c2ccco2)SC1=Nc1ccc(O)cc1. The standard InChI is InChI=1S/C16H14N2O3S/c1-2-18-15(20)14(10-13-4-3-9-21-13)22-16(18)17-11-5-7-12(19)8-6-11/h3-10,19H,2H2,1H3/b14-10-,17-16?. The Labute approximate surface area is 132 Å². The summed E-state index contributed by atoms with van der Waals surface area (Å²) in [6, 6.07) is 10.1. The van der Waals surface area contributed by atoms with Gasteiger partial charge in [-0.25, -0.2) is 4.99 Å². The van der Waals surface area contributed by atoms with Crippen molar-refractivity contribution in [2.75, 3.05) is 6.54 Å². The lowest BCUT2D eigenvalue weighted by atomic mass is 10.3. The first-order valence-corrected chi connectivity index (χ1v) is 7.61. The zero-order valence-electron chi connectivity index (χ0n) is 11.9. The Kier molecular flexibility index (Phi) is 4.02. The van der Waals surface area contributed by atoms with Gasteiger partial charge in [0, 0.05) is 12.6 Å². The number of hydrogen-bond acceptors (Lipinski definition) is 5. The van der Waals surface area contributed by atoms with Gasteiger partial charge >= 0.3 is 0 Å². The lowest BCUT2D eigenvalue weighted by molar-refractivity contribution is -0.122. The molecule has 1 saturated heterocycles. The monoisotopic (exact) mass is 314 g/mol. The van der Waals surface area contributed by atoms with E-state index in [1.165, 1.54) is 11.8 Å². The van der Waals surface area contributed by atoms with Crippen molar-refractivity contribution < 1.29 is 14.3 Å². The highest BCUT2D eigenvalue weighted by Crippen LogP contribution is 2.34. The summed E-state index contributed by atoms with van der Waals surface area (Å²) in [5.74, 6) is 0.740. The fourth-order valence-corrected chi connectivity index (χ4v) is 3.05. The van der Waals surface area contributed by atoms with Crippen molar-refractivity contribution in [3.8, 4) is 5.75 Å². The van der Waals surface area contributed by atoms with Crippen LogP contribution < -0.4 is 0 Å². The smallest absolute Gasteiger partial charge is 0.266 e. The van der Waals surface area contributed by atoms with Crippen LogP contribution in [-0.4, -0.2) is 27.6 Å². The maximum atomic E-state index is 12.4. The zero-order valence-corrected chi connectivity index (χ0v) is 12.7. The summed E-state index contributed by atoms with van der Waals surface area (Å²) in [4.78, 5) is 19.1. The average molecular weight is 314 g/mol. The molecule has 0 spiro atoms. The topological polar surface area (TPSA) is 66.0 Å². The first kappa shape index (κ1) is 14.5. The van der Waals surface area contributed by atoms with Crippen LogP contribution in [-0.2, 0) is 4.79 Å². The first-order valence-electron chi connectivity index (χ1n) is 6.80. The van der Waals surface area contributed by atoms with E-state index in [2.05, 4.69) is 4.99 Å². The third-order valence-electron chi connectivity index (χ3n) is 3.10. The Bertz CT molecular complexity index is 733. The fourth-order valence-electron chi connectivity index (χ4n) is 2.01. The van der Waals surface area contributed by atoms with E-state index in [4.69, 9.17) is 4.42 Å². The summed E-state index contributed by atoms with van der Waals surface area (Å²) in [6.07, 6.45) is 3.29. The number of hydrogen-bond donors (Lipinski definition) is 1. The largest absolute Gasteiger partial charge is 0.508 e. The average Bonchev–Trinajstić information content (AvgIpc) is 3.11. The van der Waals surface area contributed by atoms with Crippen molar-refractivity contribution in [3.05, 3.63) is 53.3 Å². The summed E-state index contributed by atoms with van der Waals surface area (Å²) < 4.78 is 5.25. The highest BCUT2D eigenvalue weighted by Gasteiger charge is 2.32. The molecule has 1 N–H and O–H groups in total. The van der Waals surface area contributed by atoms with E-state index in [0.717, 1.165) is 0 Å². The van der Waals surface area contributed by atoms with Gasteiger partial charge in [0.25, 0.3) is 5.91 Å². The number of thioether (sulfide) groups is 1. The van der Waals surface area contributed by atoms with Gasteiger partial charge in [0.1, 0.15) is 11.5 Å². The number of aliphatic imine (C=N–C) groups is 1. The van der Waals surface area contributed by atoms with E-state index in [-0.39, 0.29) is 11.7 Å². The maximum Gasteiger partial charge on any atom is 0.266 e. The second kappa shape index (κ2) is 6.11. The van der Waals surface area contributed by atoms with E-state index in [9.17, 15) is 9.90 Å². The number of furan rings is 1. The van der Waals surface area contributed by atoms with Gasteiger partial charge in [0.15, 0.2) is 5.17 Å². The molecule has 112 valence electrons. The molecule has 6 heteroatoms. The lowest BCUT2D eigenvalue weighted by Gasteiger charge is -2.11. The lowest BCUT2D eigenvalue weighted by Crippen LogP contribution is -2.28. The van der Waals surface area contributed by atoms with Crippen molar-refractivity contribution in [2.24, 2.45) is 4.99 Å². The van der Waals surface area contributed by atoms with Crippen molar-refractivity contribution in [1.29, 1.82) is 0 Å². The molecule has 0 radical (unpaired) electrons. The predicted molar refractivity (Wildman–Crippen MR) is 86.9 cm³/mol. The maximum absolute atomic E-state index is 12.4. The van der Waals surface area contributed by atoms with Crippen molar-refractivity contribution in [2.45, 2.75) is 6.92 Å². The van der Waals surface area contributed by atoms with Gasteiger partial charge in [-0.05, 0) is 55.1 Å². The van der Waals surface area contributed by atoms with E-state index in [1.807, 2.05) is 6.92 Å². The van der Waals surface area contributed by atoms with Crippen LogP contribution in [0.5, 0.6) is 5.75 Å². The van der Waals surface area contributed by atoms with E-state index in [1.54, 1.807) is 53.6 Å². The molecular formula is C16H14N2O3S. The number of phenols is 1. The Hall–Kier alpha value is -2.47. The second-order valence-corrected chi connectivity index (χ2v) is 5.60. The Morgan fingerprint density at radius 2 is 2.09 bits per heavy atom. The molecule has 0 bridgehead atoms. The number of carbonyl (C=O) groups is 1. The molecule has 0 atom stereocenters. The van der Waals surface area contributed by atoms with Crippen molar-refractivity contribution in [1.82, 2.24) is 4.90 Å². The normalized spacial score (nSPS) is 18.6. The summed E-state index contributed by atoms with van der Waals surface area (Å²) in [5, 5.41) is 9.93. The molecule has 0 aliphatic carbocycles. The Morgan fingerprint density at radius 3 is 2.73 bits per heavy atom. The number of carbonyl (C=O) groups excluding carboxylic acids is 1. The van der Waals surface area contributed by atoms with Gasteiger partial charge in [-0.15, -0.1) is 0 Å². The van der Waals surface area contributed by atoms with Crippen molar-refractivity contribution >= 4 is 34.6 Å². The van der Waals surface area contributed by atoms with E-state index >= 15 is 0 Å². The van der Waals surface area contributed by atoms with Crippen molar-refractivity contribution in [3.63, 3.8) is 0 Å². The fraction of sp³-hybridized carbons (Fsp3) is 0.125. The summed E-state index contributed by atoms with van der Waals surface area (Å²) in [6.45, 7) is 2.44. The van der Waals surface area contributed by atoms with Crippen LogP contribution in [0.4, 0.5) is 5.69 Å². The first-order chi connectivity index (χ1) is 10.7. The van der Waals surface area contributed by atoms with Crippen LogP contribution in [0.1, 0.15) is 12.7 Å². The number of amides is 1. The van der Waals surface area contributed by atoms with Crippen LogP contribution in [0.25, 0.3) is 6.08 Å². The molecule has 1 amide bonds. The molecule has 3 rings (SSSR count).